The van der Waals surface area contributed by atoms with E-state index in [1.54, 1.807) is 0 Å². The molecule has 0 saturated carbocycles. The molecule has 4 heteroatoms. The normalized spacial score (nSPS) is 20.2. The number of hydrogen-bond acceptors (Lipinski definition) is 4. The van der Waals surface area contributed by atoms with Crippen molar-refractivity contribution in [1.29, 1.82) is 0 Å². The van der Waals surface area contributed by atoms with E-state index in [0.29, 0.717) is 0 Å². The quantitative estimate of drug-likeness (QED) is 0.746. The van der Waals surface area contributed by atoms with Crippen molar-refractivity contribution in [2.45, 2.75) is 38.9 Å². The minimum atomic E-state index is 0.217. The summed E-state index contributed by atoms with van der Waals surface area (Å²) in [6.07, 6.45) is 2.61. The van der Waals surface area contributed by atoms with Gasteiger partial charge in [-0.2, -0.15) is 0 Å². The van der Waals surface area contributed by atoms with Crippen molar-refractivity contribution >= 4 is 5.69 Å². The third kappa shape index (κ3) is 4.68. The average molecular weight is 381 g/mol. The summed E-state index contributed by atoms with van der Waals surface area (Å²) in [5.74, 6) is 0.949. The number of hydrogen-bond donors (Lipinski definition) is 0. The molecule has 1 fully saturated rings. The van der Waals surface area contributed by atoms with Crippen LogP contribution in [0.5, 0.6) is 5.75 Å². The van der Waals surface area contributed by atoms with Gasteiger partial charge >= 0.3 is 0 Å². The zero-order chi connectivity index (χ0) is 19.3. The minimum absolute atomic E-state index is 0.217. The van der Waals surface area contributed by atoms with Crippen LogP contribution in [0.2, 0.25) is 0 Å². The first-order chi connectivity index (χ1) is 13.7. The number of fused-ring (bicyclic) bond motifs is 1. The van der Waals surface area contributed by atoms with E-state index in [9.17, 15) is 0 Å². The van der Waals surface area contributed by atoms with E-state index in [1.807, 2.05) is 0 Å². The molecule has 4 nitrogen and oxygen atoms in total. The van der Waals surface area contributed by atoms with Crippen molar-refractivity contribution in [3.8, 4) is 5.75 Å². The molecule has 1 unspecified atom stereocenters. The Morgan fingerprint density at radius 1 is 1.00 bits per heavy atom. The largest absolute Gasteiger partial charge is 0.491 e. The van der Waals surface area contributed by atoms with E-state index in [4.69, 9.17) is 9.47 Å². The maximum atomic E-state index is 6.08. The van der Waals surface area contributed by atoms with Crippen LogP contribution in [-0.2, 0) is 11.2 Å². The van der Waals surface area contributed by atoms with Crippen molar-refractivity contribution in [3.63, 3.8) is 0 Å². The maximum absolute atomic E-state index is 6.08. The molecule has 1 atom stereocenters. The van der Waals surface area contributed by atoms with Gasteiger partial charge in [0.05, 0.1) is 18.8 Å². The van der Waals surface area contributed by atoms with Gasteiger partial charge in [0, 0.05) is 38.4 Å². The van der Waals surface area contributed by atoms with E-state index in [-0.39, 0.29) is 12.2 Å². The second-order valence-electron chi connectivity index (χ2n) is 8.09. The molecule has 0 N–H and O–H groups in total. The van der Waals surface area contributed by atoms with Gasteiger partial charge in [-0.3, -0.25) is 4.90 Å². The Morgan fingerprint density at radius 3 is 2.50 bits per heavy atom. The Bertz CT molecular complexity index is 751. The SMILES string of the molecule is CC(C)Oc1ccc(N2CCN(CCC3OCCc4ccccc43)CC2)cc1. The zero-order valence-electron chi connectivity index (χ0n) is 17.1. The first kappa shape index (κ1) is 19.3. The summed E-state index contributed by atoms with van der Waals surface area (Å²) in [7, 11) is 0. The number of anilines is 1. The van der Waals surface area contributed by atoms with Crippen LogP contribution >= 0.6 is 0 Å². The predicted molar refractivity (Wildman–Crippen MR) is 114 cm³/mol. The minimum Gasteiger partial charge on any atom is -0.491 e. The Balaban J connectivity index is 1.26. The van der Waals surface area contributed by atoms with Crippen LogP contribution in [0, 0.1) is 0 Å². The molecule has 0 spiro atoms. The van der Waals surface area contributed by atoms with Crippen LogP contribution in [0.25, 0.3) is 0 Å². The number of rotatable bonds is 6. The predicted octanol–water partition coefficient (Wildman–Crippen LogP) is 4.30. The maximum Gasteiger partial charge on any atom is 0.119 e. The second-order valence-corrected chi connectivity index (χ2v) is 8.09. The summed E-state index contributed by atoms with van der Waals surface area (Å²) < 4.78 is 11.8. The molecular weight excluding hydrogens is 348 g/mol. The fraction of sp³-hybridized carbons (Fsp3) is 0.500. The van der Waals surface area contributed by atoms with Crippen LogP contribution < -0.4 is 9.64 Å². The summed E-state index contributed by atoms with van der Waals surface area (Å²) in [5, 5.41) is 0. The number of benzene rings is 2. The molecule has 28 heavy (non-hydrogen) atoms. The lowest BCUT2D eigenvalue weighted by Gasteiger charge is -2.37. The molecule has 1 saturated heterocycles. The van der Waals surface area contributed by atoms with Crippen LogP contribution in [0.1, 0.15) is 37.5 Å². The first-order valence-corrected chi connectivity index (χ1v) is 10.6. The number of piperazine rings is 1. The molecule has 0 aliphatic carbocycles. The monoisotopic (exact) mass is 380 g/mol. The van der Waals surface area contributed by atoms with Gasteiger partial charge in [-0.1, -0.05) is 24.3 Å². The van der Waals surface area contributed by atoms with Crippen LogP contribution in [0.4, 0.5) is 5.69 Å². The Morgan fingerprint density at radius 2 is 1.75 bits per heavy atom. The van der Waals surface area contributed by atoms with Crippen molar-refractivity contribution in [3.05, 3.63) is 59.7 Å². The van der Waals surface area contributed by atoms with E-state index in [0.717, 1.165) is 57.9 Å². The lowest BCUT2D eigenvalue weighted by molar-refractivity contribution is 0.0289. The highest BCUT2D eigenvalue weighted by atomic mass is 16.5. The van der Waals surface area contributed by atoms with Gasteiger partial charge in [0.25, 0.3) is 0 Å². The van der Waals surface area contributed by atoms with Gasteiger partial charge in [-0.25, -0.2) is 0 Å². The van der Waals surface area contributed by atoms with E-state index in [1.165, 1.54) is 16.8 Å². The fourth-order valence-electron chi connectivity index (χ4n) is 4.25. The highest BCUT2D eigenvalue weighted by Crippen LogP contribution is 2.30. The molecule has 0 bridgehead atoms. The van der Waals surface area contributed by atoms with Crippen molar-refractivity contribution in [2.24, 2.45) is 0 Å². The molecule has 2 aliphatic heterocycles. The molecule has 0 aromatic heterocycles. The number of ether oxygens (including phenoxy) is 2. The summed E-state index contributed by atoms with van der Waals surface area (Å²) >= 11 is 0. The molecule has 150 valence electrons. The van der Waals surface area contributed by atoms with Gasteiger partial charge in [-0.05, 0) is 62.1 Å². The summed E-state index contributed by atoms with van der Waals surface area (Å²) in [6.45, 7) is 10.4. The molecule has 4 rings (SSSR count). The molecule has 2 aliphatic rings. The Kier molecular flexibility index (Phi) is 6.18. The molecule has 0 amide bonds. The molecule has 0 radical (unpaired) electrons. The van der Waals surface area contributed by atoms with E-state index in [2.05, 4.69) is 72.2 Å². The third-order valence-corrected chi connectivity index (χ3v) is 5.75. The zero-order valence-corrected chi connectivity index (χ0v) is 17.1. The van der Waals surface area contributed by atoms with Gasteiger partial charge in [-0.15, -0.1) is 0 Å². The van der Waals surface area contributed by atoms with Crippen molar-refractivity contribution in [2.75, 3.05) is 44.2 Å². The van der Waals surface area contributed by atoms with Crippen LogP contribution in [-0.4, -0.2) is 50.3 Å². The van der Waals surface area contributed by atoms with Gasteiger partial charge in [0.2, 0.25) is 0 Å². The van der Waals surface area contributed by atoms with Gasteiger partial charge < -0.3 is 14.4 Å². The molecule has 2 aromatic rings. The first-order valence-electron chi connectivity index (χ1n) is 10.6. The standard InChI is InChI=1S/C24H32N2O2/c1-19(2)28-22-9-7-21(8-10-22)26-16-14-25(15-17-26)13-11-24-23-6-4-3-5-20(23)12-18-27-24/h3-10,19,24H,11-18H2,1-2H3. The van der Waals surface area contributed by atoms with Crippen molar-refractivity contribution < 1.29 is 9.47 Å². The smallest absolute Gasteiger partial charge is 0.119 e. The van der Waals surface area contributed by atoms with Crippen molar-refractivity contribution in [1.82, 2.24) is 4.90 Å². The number of nitrogens with zero attached hydrogens (tertiary/aromatic N) is 2. The summed E-state index contributed by atoms with van der Waals surface area (Å²) in [4.78, 5) is 5.05. The Hall–Kier alpha value is -2.04. The third-order valence-electron chi connectivity index (χ3n) is 5.75. The highest BCUT2D eigenvalue weighted by Gasteiger charge is 2.23. The summed E-state index contributed by atoms with van der Waals surface area (Å²) in [5.41, 5.74) is 4.16. The fourth-order valence-corrected chi connectivity index (χ4v) is 4.25. The molecular formula is C24H32N2O2. The highest BCUT2D eigenvalue weighted by molar-refractivity contribution is 5.49. The van der Waals surface area contributed by atoms with Gasteiger partial charge in [0.1, 0.15) is 5.75 Å². The van der Waals surface area contributed by atoms with E-state index >= 15 is 0 Å². The van der Waals surface area contributed by atoms with E-state index < -0.39 is 0 Å². The molecule has 2 heterocycles. The van der Waals surface area contributed by atoms with Crippen LogP contribution in [0.15, 0.2) is 48.5 Å². The lowest BCUT2D eigenvalue weighted by atomic mass is 9.95. The van der Waals surface area contributed by atoms with Crippen LogP contribution in [0.3, 0.4) is 0 Å². The summed E-state index contributed by atoms with van der Waals surface area (Å²) in [6, 6.07) is 17.3. The average Bonchev–Trinajstić information content (AvgIpc) is 2.73. The lowest BCUT2D eigenvalue weighted by Crippen LogP contribution is -2.46. The second kappa shape index (κ2) is 8.97. The topological polar surface area (TPSA) is 24.9 Å². The molecule has 2 aromatic carbocycles. The Labute approximate surface area is 169 Å². The van der Waals surface area contributed by atoms with Gasteiger partial charge in [0.15, 0.2) is 0 Å².